The molecule has 0 aliphatic carbocycles. The lowest BCUT2D eigenvalue weighted by atomic mass is 10.0. The number of hydrogen-bond donors (Lipinski definition) is 1. The summed E-state index contributed by atoms with van der Waals surface area (Å²) in [6.07, 6.45) is 9.57. The van der Waals surface area contributed by atoms with E-state index < -0.39 is 0 Å². The van der Waals surface area contributed by atoms with Gasteiger partial charge in [-0.2, -0.15) is 0 Å². The summed E-state index contributed by atoms with van der Waals surface area (Å²) in [6.45, 7) is 4.49. The molecule has 19 heavy (non-hydrogen) atoms. The van der Waals surface area contributed by atoms with Crippen LogP contribution in [-0.4, -0.2) is 34.5 Å². The normalized spacial score (nSPS) is 20.5. The minimum Gasteiger partial charge on any atom is -0.372 e. The molecule has 0 amide bonds. The van der Waals surface area contributed by atoms with E-state index in [4.69, 9.17) is 4.98 Å². The van der Waals surface area contributed by atoms with E-state index in [-0.39, 0.29) is 0 Å². The van der Waals surface area contributed by atoms with Gasteiger partial charge in [0.1, 0.15) is 5.82 Å². The van der Waals surface area contributed by atoms with E-state index >= 15 is 0 Å². The molecule has 1 unspecified atom stereocenters. The standard InChI is InChI=1S/C14H21N5/c1-11-4-3-7-18(8-5-11)14-13-16-6-9-19(13)10-12(15-2)17-14/h6,9-11,15H,3-5,7-8H2,1-2H3. The van der Waals surface area contributed by atoms with Crippen molar-refractivity contribution in [2.45, 2.75) is 26.2 Å². The Balaban J connectivity index is 2.00. The third-order valence-electron chi connectivity index (χ3n) is 3.93. The van der Waals surface area contributed by atoms with Crippen LogP contribution in [-0.2, 0) is 0 Å². The van der Waals surface area contributed by atoms with Gasteiger partial charge in [-0.05, 0) is 25.2 Å². The molecule has 0 bridgehead atoms. The van der Waals surface area contributed by atoms with Crippen LogP contribution in [0.25, 0.3) is 5.65 Å². The van der Waals surface area contributed by atoms with Crippen LogP contribution in [0.2, 0.25) is 0 Å². The largest absolute Gasteiger partial charge is 0.372 e. The second kappa shape index (κ2) is 5.07. The highest BCUT2D eigenvalue weighted by atomic mass is 15.2. The maximum atomic E-state index is 4.71. The van der Waals surface area contributed by atoms with Crippen LogP contribution in [0, 0.1) is 5.92 Å². The summed E-state index contributed by atoms with van der Waals surface area (Å²) in [5.41, 5.74) is 0.952. The van der Waals surface area contributed by atoms with Crippen LogP contribution in [0.4, 0.5) is 11.6 Å². The van der Waals surface area contributed by atoms with Crippen molar-refractivity contribution in [1.29, 1.82) is 0 Å². The third-order valence-corrected chi connectivity index (χ3v) is 3.93. The lowest BCUT2D eigenvalue weighted by molar-refractivity contribution is 0.521. The zero-order valence-electron chi connectivity index (χ0n) is 11.6. The van der Waals surface area contributed by atoms with Crippen molar-refractivity contribution >= 4 is 17.3 Å². The second-order valence-electron chi connectivity index (χ2n) is 5.38. The molecule has 0 aromatic carbocycles. The Bertz CT molecular complexity index is 562. The van der Waals surface area contributed by atoms with Crippen molar-refractivity contribution in [3.8, 4) is 0 Å². The van der Waals surface area contributed by atoms with Crippen molar-refractivity contribution in [2.75, 3.05) is 30.4 Å². The fraction of sp³-hybridized carbons (Fsp3) is 0.571. The lowest BCUT2D eigenvalue weighted by Gasteiger charge is -2.22. The number of nitrogens with zero attached hydrogens (tertiary/aromatic N) is 4. The van der Waals surface area contributed by atoms with Gasteiger partial charge in [-0.25, -0.2) is 9.97 Å². The molecule has 3 rings (SSSR count). The molecule has 5 heteroatoms. The van der Waals surface area contributed by atoms with Gasteiger partial charge < -0.3 is 14.6 Å². The molecule has 1 aliphatic heterocycles. The average Bonchev–Trinajstić information content (AvgIpc) is 2.79. The Morgan fingerprint density at radius 2 is 2.21 bits per heavy atom. The predicted octanol–water partition coefficient (Wildman–Crippen LogP) is 2.40. The van der Waals surface area contributed by atoms with Crippen molar-refractivity contribution < 1.29 is 0 Å². The maximum Gasteiger partial charge on any atom is 0.180 e. The molecule has 1 atom stereocenters. The first-order valence-corrected chi connectivity index (χ1v) is 7.04. The third kappa shape index (κ3) is 2.37. The van der Waals surface area contributed by atoms with Gasteiger partial charge in [-0.1, -0.05) is 6.92 Å². The smallest absolute Gasteiger partial charge is 0.180 e. The summed E-state index contributed by atoms with van der Waals surface area (Å²) in [5.74, 6) is 2.71. The van der Waals surface area contributed by atoms with Gasteiger partial charge in [0.15, 0.2) is 11.5 Å². The van der Waals surface area contributed by atoms with E-state index in [9.17, 15) is 0 Å². The fourth-order valence-electron chi connectivity index (χ4n) is 2.72. The predicted molar refractivity (Wildman–Crippen MR) is 77.8 cm³/mol. The number of anilines is 2. The molecule has 1 N–H and O–H groups in total. The van der Waals surface area contributed by atoms with Gasteiger partial charge in [0.25, 0.3) is 0 Å². The second-order valence-corrected chi connectivity index (χ2v) is 5.38. The lowest BCUT2D eigenvalue weighted by Crippen LogP contribution is -2.26. The summed E-state index contributed by atoms with van der Waals surface area (Å²) in [4.78, 5) is 11.5. The molecular formula is C14H21N5. The molecule has 2 aromatic rings. The Labute approximate surface area is 113 Å². The molecule has 0 radical (unpaired) electrons. The molecule has 2 aromatic heterocycles. The Morgan fingerprint density at radius 3 is 3.05 bits per heavy atom. The van der Waals surface area contributed by atoms with E-state index in [0.29, 0.717) is 0 Å². The van der Waals surface area contributed by atoms with Gasteiger partial charge in [-0.3, -0.25) is 0 Å². The van der Waals surface area contributed by atoms with Gasteiger partial charge in [-0.15, -0.1) is 0 Å². The number of fused-ring (bicyclic) bond motifs is 1. The van der Waals surface area contributed by atoms with Gasteiger partial charge in [0, 0.05) is 32.5 Å². The van der Waals surface area contributed by atoms with E-state index in [0.717, 1.165) is 36.3 Å². The minimum absolute atomic E-state index is 0.813. The highest BCUT2D eigenvalue weighted by Gasteiger charge is 2.18. The average molecular weight is 259 g/mol. The van der Waals surface area contributed by atoms with Crippen LogP contribution in [0.5, 0.6) is 0 Å². The minimum atomic E-state index is 0.813. The Hall–Kier alpha value is -1.78. The van der Waals surface area contributed by atoms with Crippen LogP contribution < -0.4 is 10.2 Å². The zero-order valence-corrected chi connectivity index (χ0v) is 11.6. The first-order valence-electron chi connectivity index (χ1n) is 7.04. The first kappa shape index (κ1) is 12.3. The quantitative estimate of drug-likeness (QED) is 0.899. The number of hydrogen-bond acceptors (Lipinski definition) is 4. The molecule has 5 nitrogen and oxygen atoms in total. The number of rotatable bonds is 2. The molecule has 3 heterocycles. The molecule has 0 saturated carbocycles. The highest BCUT2D eigenvalue weighted by Crippen LogP contribution is 2.25. The van der Waals surface area contributed by atoms with Crippen molar-refractivity contribution in [2.24, 2.45) is 5.92 Å². The van der Waals surface area contributed by atoms with Crippen molar-refractivity contribution in [3.05, 3.63) is 18.6 Å². The van der Waals surface area contributed by atoms with E-state index in [1.807, 2.05) is 30.0 Å². The highest BCUT2D eigenvalue weighted by molar-refractivity contribution is 5.66. The summed E-state index contributed by atoms with van der Waals surface area (Å²) in [6, 6.07) is 0. The monoisotopic (exact) mass is 259 g/mol. The van der Waals surface area contributed by atoms with E-state index in [1.54, 1.807) is 0 Å². The molecule has 1 aliphatic rings. The fourth-order valence-corrected chi connectivity index (χ4v) is 2.72. The Morgan fingerprint density at radius 1 is 1.32 bits per heavy atom. The topological polar surface area (TPSA) is 45.5 Å². The summed E-state index contributed by atoms with van der Waals surface area (Å²) in [5, 5.41) is 3.13. The Kier molecular flexibility index (Phi) is 3.27. The summed E-state index contributed by atoms with van der Waals surface area (Å²) in [7, 11) is 1.90. The number of aromatic nitrogens is 3. The van der Waals surface area contributed by atoms with Crippen LogP contribution in [0.15, 0.2) is 18.6 Å². The number of imidazole rings is 1. The van der Waals surface area contributed by atoms with Gasteiger partial charge in [0.2, 0.25) is 0 Å². The van der Waals surface area contributed by atoms with Crippen LogP contribution in [0.3, 0.4) is 0 Å². The zero-order chi connectivity index (χ0) is 13.2. The number of nitrogens with one attached hydrogen (secondary N) is 1. The first-order chi connectivity index (χ1) is 9.28. The molecule has 0 spiro atoms. The SMILES string of the molecule is CNc1cn2ccnc2c(N2CCCC(C)CC2)n1. The summed E-state index contributed by atoms with van der Waals surface area (Å²) >= 11 is 0. The van der Waals surface area contributed by atoms with Crippen molar-refractivity contribution in [3.63, 3.8) is 0 Å². The van der Waals surface area contributed by atoms with Gasteiger partial charge >= 0.3 is 0 Å². The van der Waals surface area contributed by atoms with Crippen LogP contribution >= 0.6 is 0 Å². The van der Waals surface area contributed by atoms with Crippen LogP contribution in [0.1, 0.15) is 26.2 Å². The van der Waals surface area contributed by atoms with Gasteiger partial charge in [0.05, 0.1) is 6.20 Å². The molecule has 1 saturated heterocycles. The molecule has 102 valence electrons. The van der Waals surface area contributed by atoms with E-state index in [1.165, 1.54) is 19.3 Å². The van der Waals surface area contributed by atoms with Crippen molar-refractivity contribution in [1.82, 2.24) is 14.4 Å². The van der Waals surface area contributed by atoms with E-state index in [2.05, 4.69) is 22.1 Å². The summed E-state index contributed by atoms with van der Waals surface area (Å²) < 4.78 is 2.04. The molecular weight excluding hydrogens is 238 g/mol. The maximum absolute atomic E-state index is 4.71. The molecule has 1 fully saturated rings.